The first-order valence-electron chi connectivity index (χ1n) is 6.14. The lowest BCUT2D eigenvalue weighted by Crippen LogP contribution is -2.10. The second-order valence-electron chi connectivity index (χ2n) is 4.29. The minimum Gasteiger partial charge on any atom is -0.264 e. The van der Waals surface area contributed by atoms with Crippen molar-refractivity contribution in [3.05, 3.63) is 80.4 Å². The van der Waals surface area contributed by atoms with E-state index in [1.54, 1.807) is 12.1 Å². The number of nitro benzene ring substituents is 1. The summed E-state index contributed by atoms with van der Waals surface area (Å²) >= 11 is 1.33. The molecule has 2 aromatic carbocycles. The molecule has 0 radical (unpaired) electrons. The highest BCUT2D eigenvalue weighted by Gasteiger charge is 2.21. The molecule has 2 rings (SSSR count). The summed E-state index contributed by atoms with van der Waals surface area (Å²) in [6.45, 7) is -0.291. The quantitative estimate of drug-likeness (QED) is 0.461. The third kappa shape index (κ3) is 4.28. The standard InChI is InChI=1S/C14H12N2O4S/c17-15(18)10-14(21-13-7-2-1-3-8-13)11-5-4-6-12(9-11)16(19)20/h1-9,14H,10H2. The van der Waals surface area contributed by atoms with Crippen molar-refractivity contribution >= 4 is 17.4 Å². The molecule has 0 spiro atoms. The van der Waals surface area contributed by atoms with Gasteiger partial charge < -0.3 is 0 Å². The van der Waals surface area contributed by atoms with Gasteiger partial charge in [-0.05, 0) is 17.7 Å². The van der Waals surface area contributed by atoms with Crippen LogP contribution in [0.1, 0.15) is 10.8 Å². The van der Waals surface area contributed by atoms with Gasteiger partial charge >= 0.3 is 0 Å². The van der Waals surface area contributed by atoms with Crippen molar-refractivity contribution in [1.82, 2.24) is 0 Å². The van der Waals surface area contributed by atoms with E-state index in [4.69, 9.17) is 0 Å². The van der Waals surface area contributed by atoms with Gasteiger partial charge in [0.1, 0.15) is 0 Å². The van der Waals surface area contributed by atoms with Crippen molar-refractivity contribution in [3.63, 3.8) is 0 Å². The molecule has 1 unspecified atom stereocenters. The van der Waals surface area contributed by atoms with Gasteiger partial charge in [0.25, 0.3) is 5.69 Å². The third-order valence-electron chi connectivity index (χ3n) is 2.79. The molecular formula is C14H12N2O4S. The van der Waals surface area contributed by atoms with Crippen molar-refractivity contribution in [3.8, 4) is 0 Å². The van der Waals surface area contributed by atoms with Gasteiger partial charge in [-0.15, -0.1) is 11.8 Å². The highest BCUT2D eigenvalue weighted by atomic mass is 32.2. The largest absolute Gasteiger partial charge is 0.269 e. The van der Waals surface area contributed by atoms with Crippen molar-refractivity contribution < 1.29 is 9.85 Å². The number of nitro groups is 2. The number of hydrogen-bond donors (Lipinski definition) is 0. The molecule has 0 aliphatic carbocycles. The van der Waals surface area contributed by atoms with Crippen molar-refractivity contribution in [1.29, 1.82) is 0 Å². The molecule has 1 atom stereocenters. The second-order valence-corrected chi connectivity index (χ2v) is 5.56. The van der Waals surface area contributed by atoms with Gasteiger partial charge in [0.2, 0.25) is 6.54 Å². The summed E-state index contributed by atoms with van der Waals surface area (Å²) in [7, 11) is 0. The van der Waals surface area contributed by atoms with Gasteiger partial charge in [-0.1, -0.05) is 30.3 Å². The highest BCUT2D eigenvalue weighted by molar-refractivity contribution is 7.99. The summed E-state index contributed by atoms with van der Waals surface area (Å²) in [6.07, 6.45) is 0. The fraction of sp³-hybridized carbons (Fsp3) is 0.143. The molecule has 0 bridgehead atoms. The Morgan fingerprint density at radius 3 is 2.33 bits per heavy atom. The molecule has 0 saturated carbocycles. The van der Waals surface area contributed by atoms with Crippen LogP contribution in [0.4, 0.5) is 5.69 Å². The molecule has 0 aliphatic heterocycles. The third-order valence-corrected chi connectivity index (χ3v) is 4.04. The minimum atomic E-state index is -0.500. The van der Waals surface area contributed by atoms with Gasteiger partial charge in [0, 0.05) is 22.0 Å². The van der Waals surface area contributed by atoms with Crippen LogP contribution in [0.25, 0.3) is 0 Å². The van der Waals surface area contributed by atoms with Crippen LogP contribution in [0, 0.1) is 20.2 Å². The smallest absolute Gasteiger partial charge is 0.264 e. The minimum absolute atomic E-state index is 0.0606. The maximum atomic E-state index is 10.9. The van der Waals surface area contributed by atoms with E-state index in [-0.39, 0.29) is 12.2 Å². The zero-order chi connectivity index (χ0) is 15.2. The molecule has 0 aromatic heterocycles. The maximum absolute atomic E-state index is 10.9. The molecule has 6 nitrogen and oxygen atoms in total. The molecule has 21 heavy (non-hydrogen) atoms. The summed E-state index contributed by atoms with van der Waals surface area (Å²) in [5, 5.41) is 21.2. The first-order chi connectivity index (χ1) is 10.1. The van der Waals surface area contributed by atoms with Crippen molar-refractivity contribution in [2.75, 3.05) is 6.54 Å². The van der Waals surface area contributed by atoms with Crippen LogP contribution in [0.3, 0.4) is 0 Å². The van der Waals surface area contributed by atoms with Crippen LogP contribution < -0.4 is 0 Å². The molecule has 0 heterocycles. The fourth-order valence-corrected chi connectivity index (χ4v) is 2.97. The average molecular weight is 304 g/mol. The molecule has 108 valence electrons. The van der Waals surface area contributed by atoms with Crippen molar-refractivity contribution in [2.24, 2.45) is 0 Å². The number of rotatable bonds is 6. The van der Waals surface area contributed by atoms with Crippen LogP contribution in [0.5, 0.6) is 0 Å². The van der Waals surface area contributed by atoms with Gasteiger partial charge in [0.05, 0.1) is 10.2 Å². The Hall–Kier alpha value is -2.41. The van der Waals surface area contributed by atoms with E-state index in [9.17, 15) is 20.2 Å². The van der Waals surface area contributed by atoms with Gasteiger partial charge in [-0.25, -0.2) is 0 Å². The molecule has 0 amide bonds. The monoisotopic (exact) mass is 304 g/mol. The van der Waals surface area contributed by atoms with Crippen molar-refractivity contribution in [2.45, 2.75) is 10.1 Å². The first kappa shape index (κ1) is 15.0. The molecule has 0 N–H and O–H groups in total. The lowest BCUT2D eigenvalue weighted by Gasteiger charge is -2.12. The van der Waals surface area contributed by atoms with E-state index in [1.165, 1.54) is 23.9 Å². The van der Waals surface area contributed by atoms with E-state index in [0.29, 0.717) is 5.56 Å². The second kappa shape index (κ2) is 6.85. The molecule has 2 aromatic rings. The SMILES string of the molecule is O=[N+]([O-])CC(Sc1ccccc1)c1cccc([N+](=O)[O-])c1. The summed E-state index contributed by atoms with van der Waals surface area (Å²) < 4.78 is 0. The lowest BCUT2D eigenvalue weighted by molar-refractivity contribution is -0.479. The molecule has 0 fully saturated rings. The number of non-ortho nitro benzene ring substituents is 1. The Morgan fingerprint density at radius 2 is 1.71 bits per heavy atom. The van der Waals surface area contributed by atoms with Crippen LogP contribution >= 0.6 is 11.8 Å². The highest BCUT2D eigenvalue weighted by Crippen LogP contribution is 2.36. The molecule has 0 saturated heterocycles. The van der Waals surface area contributed by atoms with E-state index in [1.807, 2.05) is 30.3 Å². The molecule has 0 aliphatic rings. The summed E-state index contributed by atoms with van der Waals surface area (Å²) in [5.41, 5.74) is 0.518. The predicted octanol–water partition coefficient (Wildman–Crippen LogP) is 3.70. The maximum Gasteiger partial charge on any atom is 0.269 e. The van der Waals surface area contributed by atoms with E-state index >= 15 is 0 Å². The van der Waals surface area contributed by atoms with Crippen LogP contribution in [0.15, 0.2) is 59.5 Å². The molecular weight excluding hydrogens is 292 g/mol. The first-order valence-corrected chi connectivity index (χ1v) is 7.02. The Balaban J connectivity index is 2.29. The zero-order valence-electron chi connectivity index (χ0n) is 10.9. The number of hydrogen-bond acceptors (Lipinski definition) is 5. The Labute approximate surface area is 125 Å². The van der Waals surface area contributed by atoms with E-state index in [0.717, 1.165) is 4.90 Å². The summed E-state index contributed by atoms with van der Waals surface area (Å²) in [6, 6.07) is 15.3. The fourth-order valence-electron chi connectivity index (χ4n) is 1.85. The van der Waals surface area contributed by atoms with E-state index in [2.05, 4.69) is 0 Å². The van der Waals surface area contributed by atoms with Gasteiger partial charge in [-0.3, -0.25) is 20.2 Å². The zero-order valence-corrected chi connectivity index (χ0v) is 11.7. The van der Waals surface area contributed by atoms with Gasteiger partial charge in [-0.2, -0.15) is 0 Å². The molecule has 7 heteroatoms. The Kier molecular flexibility index (Phi) is 4.89. The number of benzene rings is 2. The average Bonchev–Trinajstić information content (AvgIpc) is 2.47. The van der Waals surface area contributed by atoms with Gasteiger partial charge in [0.15, 0.2) is 0 Å². The topological polar surface area (TPSA) is 86.3 Å². The Morgan fingerprint density at radius 1 is 1.00 bits per heavy atom. The van der Waals surface area contributed by atoms with Crippen LogP contribution in [0.2, 0.25) is 0 Å². The number of nitrogens with zero attached hydrogens (tertiary/aromatic N) is 2. The van der Waals surface area contributed by atoms with E-state index < -0.39 is 15.1 Å². The number of thioether (sulfide) groups is 1. The lowest BCUT2D eigenvalue weighted by atomic mass is 10.1. The van der Waals surface area contributed by atoms with Crippen LogP contribution in [-0.4, -0.2) is 16.4 Å². The Bertz CT molecular complexity index is 648. The summed E-state index contributed by atoms with van der Waals surface area (Å²) in [4.78, 5) is 21.7. The predicted molar refractivity (Wildman–Crippen MR) is 80.0 cm³/mol. The van der Waals surface area contributed by atoms with Crippen LogP contribution in [-0.2, 0) is 0 Å². The summed E-state index contributed by atoms with van der Waals surface area (Å²) in [5.74, 6) is 0. The normalized spacial score (nSPS) is 11.8.